The third-order valence-electron chi connectivity index (χ3n) is 2.43. The topological polar surface area (TPSA) is 54.0 Å². The maximum atomic E-state index is 11.2. The molecule has 0 aliphatic rings. The summed E-state index contributed by atoms with van der Waals surface area (Å²) in [6, 6.07) is 0. The van der Waals surface area contributed by atoms with Crippen molar-refractivity contribution in [1.82, 2.24) is 0 Å². The first-order valence-electron chi connectivity index (χ1n) is 6.45. The lowest BCUT2D eigenvalue weighted by molar-refractivity contribution is -0.144. The van der Waals surface area contributed by atoms with Gasteiger partial charge in [-0.15, -0.1) is 0 Å². The van der Waals surface area contributed by atoms with Crippen molar-refractivity contribution < 1.29 is 23.7 Å². The molecule has 19 heavy (non-hydrogen) atoms. The molecule has 3 unspecified atom stereocenters. The minimum absolute atomic E-state index is 0.0307. The first-order valence-corrected chi connectivity index (χ1v) is 6.45. The molecule has 3 atom stereocenters. The molecular formula is C14H26O5. The predicted octanol–water partition coefficient (Wildman–Crippen LogP) is 1.95. The molecule has 5 heteroatoms. The third kappa shape index (κ3) is 9.64. The van der Waals surface area contributed by atoms with Crippen LogP contribution in [-0.4, -0.2) is 51.2 Å². The van der Waals surface area contributed by atoms with Crippen molar-refractivity contribution in [3.8, 4) is 0 Å². The minimum atomic E-state index is -0.395. The molecule has 5 nitrogen and oxygen atoms in total. The maximum Gasteiger partial charge on any atom is 0.333 e. The number of hydrogen-bond donors (Lipinski definition) is 0. The van der Waals surface area contributed by atoms with Gasteiger partial charge in [-0.05, 0) is 27.7 Å². The molecule has 0 aliphatic heterocycles. The van der Waals surface area contributed by atoms with Gasteiger partial charge in [0.2, 0.25) is 0 Å². The van der Waals surface area contributed by atoms with Crippen LogP contribution in [0.4, 0.5) is 0 Å². The van der Waals surface area contributed by atoms with Crippen LogP contribution in [0.2, 0.25) is 0 Å². The average molecular weight is 274 g/mol. The van der Waals surface area contributed by atoms with E-state index >= 15 is 0 Å². The Balaban J connectivity index is 3.69. The van der Waals surface area contributed by atoms with E-state index in [1.807, 2.05) is 20.8 Å². The molecule has 0 aromatic heterocycles. The van der Waals surface area contributed by atoms with Crippen molar-refractivity contribution >= 4 is 5.97 Å². The summed E-state index contributed by atoms with van der Waals surface area (Å²) in [5.41, 5.74) is 0.387. The lowest BCUT2D eigenvalue weighted by Crippen LogP contribution is -2.27. The van der Waals surface area contributed by atoms with Gasteiger partial charge < -0.3 is 18.9 Å². The molecule has 0 rings (SSSR count). The number of carbonyl (C=O) groups is 1. The predicted molar refractivity (Wildman–Crippen MR) is 73.1 cm³/mol. The highest BCUT2D eigenvalue weighted by atomic mass is 16.6. The number of esters is 1. The third-order valence-corrected chi connectivity index (χ3v) is 2.43. The van der Waals surface area contributed by atoms with E-state index in [0.29, 0.717) is 18.8 Å². The highest BCUT2D eigenvalue weighted by molar-refractivity contribution is 5.86. The van der Waals surface area contributed by atoms with Crippen LogP contribution < -0.4 is 0 Å². The average Bonchev–Trinajstić information content (AvgIpc) is 2.39. The quantitative estimate of drug-likeness (QED) is 0.450. The van der Waals surface area contributed by atoms with Crippen LogP contribution in [0.15, 0.2) is 12.2 Å². The van der Waals surface area contributed by atoms with Crippen LogP contribution in [0.1, 0.15) is 27.7 Å². The molecule has 0 spiro atoms. The molecule has 112 valence electrons. The summed E-state index contributed by atoms with van der Waals surface area (Å²) in [5, 5.41) is 0. The van der Waals surface area contributed by atoms with Crippen LogP contribution in [-0.2, 0) is 23.7 Å². The van der Waals surface area contributed by atoms with E-state index in [4.69, 9.17) is 18.9 Å². The second-order valence-corrected chi connectivity index (χ2v) is 4.71. The van der Waals surface area contributed by atoms with Crippen molar-refractivity contribution in [2.24, 2.45) is 0 Å². The fourth-order valence-electron chi connectivity index (χ4n) is 1.08. The molecule has 0 radical (unpaired) electrons. The van der Waals surface area contributed by atoms with Crippen LogP contribution in [0.25, 0.3) is 0 Å². The lowest BCUT2D eigenvalue weighted by Gasteiger charge is -2.19. The van der Waals surface area contributed by atoms with Gasteiger partial charge in [0.25, 0.3) is 0 Å². The van der Waals surface area contributed by atoms with E-state index in [1.54, 1.807) is 14.0 Å². The summed E-state index contributed by atoms with van der Waals surface area (Å²) < 4.78 is 21.1. The van der Waals surface area contributed by atoms with Crippen LogP contribution in [0, 0.1) is 0 Å². The number of hydrogen-bond acceptors (Lipinski definition) is 5. The van der Waals surface area contributed by atoms with Crippen molar-refractivity contribution in [3.63, 3.8) is 0 Å². The molecule has 0 saturated carbocycles. The van der Waals surface area contributed by atoms with Gasteiger partial charge >= 0.3 is 5.97 Å². The van der Waals surface area contributed by atoms with E-state index in [9.17, 15) is 4.79 Å². The molecule has 0 saturated heterocycles. The molecular weight excluding hydrogens is 248 g/mol. The largest absolute Gasteiger partial charge is 0.460 e. The molecule has 0 N–H and O–H groups in total. The van der Waals surface area contributed by atoms with Gasteiger partial charge in [0.05, 0.1) is 31.5 Å². The molecule has 0 fully saturated rings. The molecule has 0 aromatic carbocycles. The van der Waals surface area contributed by atoms with Crippen LogP contribution in [0.5, 0.6) is 0 Å². The summed E-state index contributed by atoms with van der Waals surface area (Å²) >= 11 is 0. The second-order valence-electron chi connectivity index (χ2n) is 4.71. The van der Waals surface area contributed by atoms with Gasteiger partial charge in [-0.3, -0.25) is 0 Å². The molecule has 0 bridgehead atoms. The van der Waals surface area contributed by atoms with Gasteiger partial charge in [-0.25, -0.2) is 4.79 Å². The second kappa shape index (κ2) is 9.95. The summed E-state index contributed by atoms with van der Waals surface area (Å²) in [5.74, 6) is -0.395. The minimum Gasteiger partial charge on any atom is -0.460 e. The molecule has 0 aliphatic carbocycles. The first kappa shape index (κ1) is 18.1. The Morgan fingerprint density at radius 1 is 1.00 bits per heavy atom. The Labute approximate surface area is 115 Å². The SMILES string of the molecule is C=C(C)C(=O)OCC(C)OCC(C)OCC(C)OC. The summed E-state index contributed by atoms with van der Waals surface area (Å²) in [4.78, 5) is 11.2. The van der Waals surface area contributed by atoms with Crippen molar-refractivity contribution in [2.45, 2.75) is 46.0 Å². The fraction of sp³-hybridized carbons (Fsp3) is 0.786. The van der Waals surface area contributed by atoms with Gasteiger partial charge in [-0.1, -0.05) is 6.58 Å². The van der Waals surface area contributed by atoms with E-state index in [-0.39, 0.29) is 24.9 Å². The highest BCUT2D eigenvalue weighted by Crippen LogP contribution is 2.01. The summed E-state index contributed by atoms with van der Waals surface area (Å²) in [6.07, 6.45) is -0.137. The van der Waals surface area contributed by atoms with Gasteiger partial charge in [-0.2, -0.15) is 0 Å². The van der Waals surface area contributed by atoms with Gasteiger partial charge in [0, 0.05) is 12.7 Å². The van der Waals surface area contributed by atoms with Crippen LogP contribution in [0.3, 0.4) is 0 Å². The summed E-state index contributed by atoms with van der Waals surface area (Å²) in [6.45, 7) is 12.0. The Morgan fingerprint density at radius 2 is 1.47 bits per heavy atom. The Bertz CT molecular complexity index is 277. The van der Waals surface area contributed by atoms with Gasteiger partial charge in [0.1, 0.15) is 6.61 Å². The zero-order chi connectivity index (χ0) is 14.8. The smallest absolute Gasteiger partial charge is 0.333 e. The number of methoxy groups -OCH3 is 1. The number of ether oxygens (including phenoxy) is 4. The zero-order valence-electron chi connectivity index (χ0n) is 12.6. The number of carbonyl (C=O) groups excluding carboxylic acids is 1. The molecule has 0 heterocycles. The van der Waals surface area contributed by atoms with Crippen molar-refractivity contribution in [2.75, 3.05) is 26.9 Å². The summed E-state index contributed by atoms with van der Waals surface area (Å²) in [7, 11) is 1.65. The first-order chi connectivity index (χ1) is 8.86. The zero-order valence-corrected chi connectivity index (χ0v) is 12.6. The standard InChI is InChI=1S/C14H26O5/c1-10(2)14(15)19-9-13(5)18-8-12(4)17-7-11(3)16-6/h11-13H,1,7-9H2,2-6H3. The highest BCUT2D eigenvalue weighted by Gasteiger charge is 2.11. The molecule has 0 aromatic rings. The normalized spacial score (nSPS) is 15.6. The Kier molecular flexibility index (Phi) is 9.47. The van der Waals surface area contributed by atoms with Crippen molar-refractivity contribution in [1.29, 1.82) is 0 Å². The number of rotatable bonds is 10. The fourth-order valence-corrected chi connectivity index (χ4v) is 1.08. The van der Waals surface area contributed by atoms with Gasteiger partial charge in [0.15, 0.2) is 0 Å². The maximum absolute atomic E-state index is 11.2. The monoisotopic (exact) mass is 274 g/mol. The van der Waals surface area contributed by atoms with E-state index in [1.165, 1.54) is 0 Å². The Hall–Kier alpha value is -0.910. The van der Waals surface area contributed by atoms with E-state index in [0.717, 1.165) is 0 Å². The lowest BCUT2D eigenvalue weighted by atomic mass is 10.3. The molecule has 0 amide bonds. The van der Waals surface area contributed by atoms with E-state index < -0.39 is 5.97 Å². The van der Waals surface area contributed by atoms with E-state index in [2.05, 4.69) is 6.58 Å². The van der Waals surface area contributed by atoms with Crippen molar-refractivity contribution in [3.05, 3.63) is 12.2 Å². The Morgan fingerprint density at radius 3 is 1.95 bits per heavy atom. The van der Waals surface area contributed by atoms with Crippen LogP contribution >= 0.6 is 0 Å².